The van der Waals surface area contributed by atoms with Crippen LogP contribution in [0.1, 0.15) is 0 Å². The van der Waals surface area contributed by atoms with Crippen LogP contribution in [0.3, 0.4) is 0 Å². The molecule has 0 aliphatic heterocycles. The minimum absolute atomic E-state index is 0. The summed E-state index contributed by atoms with van der Waals surface area (Å²) in [6, 6.07) is 0. The molecule has 1 nitrogen and oxygen atoms in total. The molecule has 0 amide bonds. The maximum atomic E-state index is 0. The summed E-state index contributed by atoms with van der Waals surface area (Å²) in [5, 5.41) is 0. The van der Waals surface area contributed by atoms with Gasteiger partial charge >= 0.3 is 71.7 Å². The van der Waals surface area contributed by atoms with Gasteiger partial charge in [-0.05, 0) is 0 Å². The van der Waals surface area contributed by atoms with E-state index in [-0.39, 0.29) is 94.2 Å². The summed E-state index contributed by atoms with van der Waals surface area (Å²) in [6.45, 7) is 0. The van der Waals surface area contributed by atoms with Gasteiger partial charge in [0.05, 0.1) is 0 Å². The molecular weight excluding hydrogens is 376 g/mol. The Morgan fingerprint density at radius 2 is 1.00 bits per heavy atom. The first-order valence-corrected chi connectivity index (χ1v) is 0. The average molecular weight is 383 g/mol. The second kappa shape index (κ2) is 17.0. The zero-order chi connectivity index (χ0) is 0. The Morgan fingerprint density at radius 3 is 1.00 bits per heavy atom. The molecule has 1 radical (unpaired) electrons. The van der Waals surface area contributed by atoms with Crippen molar-refractivity contribution in [3.05, 3.63) is 0 Å². The van der Waals surface area contributed by atoms with Crippen molar-refractivity contribution in [2.75, 3.05) is 0 Å². The molecular formula is H7BiCuOSr. The van der Waals surface area contributed by atoms with Crippen LogP contribution in [-0.2, 0) is 17.1 Å². The second-order valence-electron chi connectivity index (χ2n) is 0. The van der Waals surface area contributed by atoms with E-state index in [1.54, 1.807) is 0 Å². The van der Waals surface area contributed by atoms with E-state index >= 15 is 0 Å². The van der Waals surface area contributed by atoms with E-state index in [1.165, 1.54) is 0 Å². The Kier molecular flexibility index (Phi) is 123. The van der Waals surface area contributed by atoms with Crippen molar-refractivity contribution < 1.29 is 22.5 Å². The third kappa shape index (κ3) is 8.85. The number of hydrogen-bond donors (Lipinski definition) is 0. The summed E-state index contributed by atoms with van der Waals surface area (Å²) in [7, 11) is 0. The van der Waals surface area contributed by atoms with Crippen molar-refractivity contribution in [3.8, 4) is 0 Å². The van der Waals surface area contributed by atoms with Crippen LogP contribution in [0.25, 0.3) is 0 Å². The normalized spacial score (nSPS) is 0. The predicted octanol–water partition coefficient (Wildman–Crippen LogP) is -2.93. The molecule has 0 fully saturated rings. The van der Waals surface area contributed by atoms with E-state index in [9.17, 15) is 0 Å². The molecule has 4 heavy (non-hydrogen) atoms. The van der Waals surface area contributed by atoms with Gasteiger partial charge in [0.2, 0.25) is 0 Å². The van der Waals surface area contributed by atoms with Crippen LogP contribution >= 0.6 is 0 Å². The molecule has 0 aromatic carbocycles. The molecule has 0 rings (SSSR count). The zero-order valence-corrected chi connectivity index (χ0v) is 7.95. The fraction of sp³-hybridized carbons (Fsp3) is 0. The maximum absolute atomic E-state index is 0. The summed E-state index contributed by atoms with van der Waals surface area (Å²) >= 11 is 0. The van der Waals surface area contributed by atoms with Crippen LogP contribution in [0.4, 0.5) is 0 Å². The Balaban J connectivity index is 0. The van der Waals surface area contributed by atoms with Crippen LogP contribution in [0.5, 0.6) is 0 Å². The van der Waals surface area contributed by atoms with Gasteiger partial charge in [0.1, 0.15) is 0 Å². The van der Waals surface area contributed by atoms with Gasteiger partial charge in [-0.1, -0.05) is 0 Å². The summed E-state index contributed by atoms with van der Waals surface area (Å²) in [5.74, 6) is 0. The van der Waals surface area contributed by atoms with Crippen LogP contribution in [0.2, 0.25) is 0 Å². The van der Waals surface area contributed by atoms with Crippen molar-refractivity contribution >= 4 is 71.7 Å². The van der Waals surface area contributed by atoms with Crippen molar-refractivity contribution in [1.29, 1.82) is 0 Å². The van der Waals surface area contributed by atoms with Gasteiger partial charge in [-0.25, -0.2) is 0 Å². The van der Waals surface area contributed by atoms with Crippen LogP contribution in [-0.4, -0.2) is 77.2 Å². The van der Waals surface area contributed by atoms with E-state index in [0.717, 1.165) is 0 Å². The number of rotatable bonds is 0. The molecule has 0 spiro atoms. The molecule has 0 saturated heterocycles. The predicted molar refractivity (Wildman–Crippen MR) is 22.1 cm³/mol. The minimum atomic E-state index is 0. The van der Waals surface area contributed by atoms with Crippen LogP contribution < -0.4 is 0 Å². The van der Waals surface area contributed by atoms with Gasteiger partial charge in [-0.2, -0.15) is 0 Å². The molecule has 2 N–H and O–H groups in total. The molecule has 0 saturated carbocycles. The molecule has 0 aliphatic rings. The Bertz CT molecular complexity index is 8.00. The summed E-state index contributed by atoms with van der Waals surface area (Å²) in [5.41, 5.74) is 0. The molecule has 0 aromatic rings. The average Bonchev–Trinajstić information content (AvgIpc) is 0. The van der Waals surface area contributed by atoms with Gasteiger partial charge in [0.25, 0.3) is 0 Å². The second-order valence-corrected chi connectivity index (χ2v) is 0. The first-order valence-electron chi connectivity index (χ1n) is 0. The van der Waals surface area contributed by atoms with Gasteiger partial charge in [0, 0.05) is 17.1 Å². The molecule has 0 atom stereocenters. The quantitative estimate of drug-likeness (QED) is 0.402. The van der Waals surface area contributed by atoms with E-state index in [0.29, 0.717) is 0 Å². The Labute approximate surface area is 92.1 Å². The van der Waals surface area contributed by atoms with Crippen molar-refractivity contribution in [1.82, 2.24) is 0 Å². The number of hydrogen-bond acceptors (Lipinski definition) is 0. The van der Waals surface area contributed by atoms with E-state index in [1.807, 2.05) is 0 Å². The fourth-order valence-corrected chi connectivity index (χ4v) is 0. The van der Waals surface area contributed by atoms with E-state index < -0.39 is 0 Å². The first kappa shape index (κ1) is 28.9. The molecule has 0 unspecified atom stereocenters. The van der Waals surface area contributed by atoms with Crippen molar-refractivity contribution in [2.45, 2.75) is 0 Å². The van der Waals surface area contributed by atoms with Gasteiger partial charge in [0.15, 0.2) is 0 Å². The van der Waals surface area contributed by atoms with Gasteiger partial charge < -0.3 is 5.48 Å². The van der Waals surface area contributed by atoms with Gasteiger partial charge in [-0.3, -0.25) is 0 Å². The molecule has 31 valence electrons. The third-order valence-corrected chi connectivity index (χ3v) is 0. The standard InChI is InChI=1S/Bi.Cu.H2O.Sr.5H/h;;1H2;;;;;;. The fourth-order valence-electron chi connectivity index (χ4n) is 0. The van der Waals surface area contributed by atoms with Crippen LogP contribution in [0, 0.1) is 0 Å². The molecule has 0 bridgehead atoms. The summed E-state index contributed by atoms with van der Waals surface area (Å²) < 4.78 is 0. The summed E-state index contributed by atoms with van der Waals surface area (Å²) in [6.07, 6.45) is 0. The SMILES string of the molecule is O.[BiH3].[Cu].[SrH2]. The molecule has 0 aliphatic carbocycles. The van der Waals surface area contributed by atoms with Crippen molar-refractivity contribution in [2.24, 2.45) is 0 Å². The molecule has 4 heteroatoms. The van der Waals surface area contributed by atoms with E-state index in [2.05, 4.69) is 0 Å². The molecule has 0 heterocycles. The van der Waals surface area contributed by atoms with Crippen molar-refractivity contribution in [3.63, 3.8) is 0 Å². The Morgan fingerprint density at radius 1 is 1.00 bits per heavy atom. The van der Waals surface area contributed by atoms with Crippen LogP contribution in [0.15, 0.2) is 0 Å². The first-order chi connectivity index (χ1) is 0. The Hall–Kier alpha value is 2.84. The van der Waals surface area contributed by atoms with Gasteiger partial charge in [-0.15, -0.1) is 0 Å². The monoisotopic (exact) mass is 383 g/mol. The summed E-state index contributed by atoms with van der Waals surface area (Å²) in [4.78, 5) is 0. The van der Waals surface area contributed by atoms with E-state index in [4.69, 9.17) is 0 Å². The topological polar surface area (TPSA) is 31.5 Å². The third-order valence-electron chi connectivity index (χ3n) is 0. The zero-order valence-electron chi connectivity index (χ0n) is 1.51. The molecule has 0 aromatic heterocycles.